The average molecular weight is 251 g/mol. The van der Waals surface area contributed by atoms with Crippen molar-refractivity contribution in [1.82, 2.24) is 4.90 Å². The number of aryl methyl sites for hydroxylation is 2. The van der Waals surface area contributed by atoms with Gasteiger partial charge in [0.2, 0.25) is 0 Å². The van der Waals surface area contributed by atoms with Crippen molar-refractivity contribution in [2.75, 3.05) is 6.54 Å². The average Bonchev–Trinajstić information content (AvgIpc) is 2.70. The number of hydrogen-bond acceptors (Lipinski definition) is 3. The number of rotatable bonds is 4. The van der Waals surface area contributed by atoms with Crippen molar-refractivity contribution in [3.63, 3.8) is 0 Å². The van der Waals surface area contributed by atoms with Gasteiger partial charge in [-0.05, 0) is 20.3 Å². The fourth-order valence-electron chi connectivity index (χ4n) is 2.28. The Bertz CT molecular complexity index is 440. The van der Waals surface area contributed by atoms with Crippen LogP contribution < -0.4 is 0 Å². The van der Waals surface area contributed by atoms with Gasteiger partial charge < -0.3 is 0 Å². The lowest BCUT2D eigenvalue weighted by molar-refractivity contribution is 0.0651. The Kier molecular flexibility index (Phi) is 3.33. The number of hydrogen-bond donors (Lipinski definition) is 0. The molecule has 0 atom stereocenters. The predicted molar refractivity (Wildman–Crippen MR) is 68.7 cm³/mol. The second-order valence-corrected chi connectivity index (χ2v) is 5.86. The van der Waals surface area contributed by atoms with Crippen molar-refractivity contribution in [1.29, 1.82) is 0 Å². The minimum Gasteiger partial charge on any atom is -0.274 e. The van der Waals surface area contributed by atoms with Crippen molar-refractivity contribution in [2.24, 2.45) is 0 Å². The molecule has 1 aromatic heterocycles. The van der Waals surface area contributed by atoms with E-state index < -0.39 is 0 Å². The van der Waals surface area contributed by atoms with E-state index in [1.54, 1.807) is 11.3 Å². The number of carbonyl (C=O) groups is 2. The van der Waals surface area contributed by atoms with E-state index in [1.807, 2.05) is 13.8 Å². The first-order valence-electron chi connectivity index (χ1n) is 6.04. The topological polar surface area (TPSA) is 37.4 Å². The van der Waals surface area contributed by atoms with Crippen LogP contribution in [0.1, 0.15) is 56.7 Å². The summed E-state index contributed by atoms with van der Waals surface area (Å²) in [6, 6.07) is 0. The fourth-order valence-corrected chi connectivity index (χ4v) is 3.33. The molecular weight excluding hydrogens is 234 g/mol. The van der Waals surface area contributed by atoms with Crippen LogP contribution >= 0.6 is 11.3 Å². The predicted octanol–water partition coefficient (Wildman–Crippen LogP) is 3.15. The van der Waals surface area contributed by atoms with Gasteiger partial charge in [0.05, 0.1) is 11.1 Å². The molecule has 4 heteroatoms. The molecule has 0 fully saturated rings. The zero-order valence-electron chi connectivity index (χ0n) is 10.5. The highest BCUT2D eigenvalue weighted by atomic mass is 32.1. The van der Waals surface area contributed by atoms with Crippen LogP contribution in [0.25, 0.3) is 0 Å². The van der Waals surface area contributed by atoms with Gasteiger partial charge in [0.15, 0.2) is 0 Å². The van der Waals surface area contributed by atoms with E-state index in [2.05, 4.69) is 6.92 Å². The Hall–Kier alpha value is -1.16. The Labute approximate surface area is 105 Å². The van der Waals surface area contributed by atoms with E-state index in [4.69, 9.17) is 0 Å². The Morgan fingerprint density at radius 3 is 2.00 bits per heavy atom. The molecular formula is C13H17NO2S. The molecule has 0 radical (unpaired) electrons. The highest BCUT2D eigenvalue weighted by Crippen LogP contribution is 2.34. The summed E-state index contributed by atoms with van der Waals surface area (Å²) in [5.74, 6) is -0.189. The summed E-state index contributed by atoms with van der Waals surface area (Å²) < 4.78 is 0. The third kappa shape index (κ3) is 1.90. The van der Waals surface area contributed by atoms with Gasteiger partial charge in [-0.3, -0.25) is 14.5 Å². The van der Waals surface area contributed by atoms with Gasteiger partial charge in [-0.25, -0.2) is 0 Å². The molecule has 3 nitrogen and oxygen atoms in total. The first-order chi connectivity index (χ1) is 8.07. The molecule has 17 heavy (non-hydrogen) atoms. The van der Waals surface area contributed by atoms with E-state index in [0.29, 0.717) is 17.7 Å². The second kappa shape index (κ2) is 4.61. The van der Waals surface area contributed by atoms with Crippen LogP contribution in [0.15, 0.2) is 0 Å². The van der Waals surface area contributed by atoms with Crippen molar-refractivity contribution >= 4 is 23.2 Å². The van der Waals surface area contributed by atoms with Crippen LogP contribution in [0.5, 0.6) is 0 Å². The Balaban J connectivity index is 2.24. The summed E-state index contributed by atoms with van der Waals surface area (Å²) in [5, 5.41) is 0. The number of carbonyl (C=O) groups excluding carboxylic acids is 2. The van der Waals surface area contributed by atoms with E-state index in [9.17, 15) is 9.59 Å². The SMILES string of the molecule is CCCCCN1C(=O)c2c(C)sc(C)c2C1=O. The van der Waals surface area contributed by atoms with Gasteiger partial charge in [0.1, 0.15) is 0 Å². The summed E-state index contributed by atoms with van der Waals surface area (Å²) in [4.78, 5) is 27.6. The van der Waals surface area contributed by atoms with E-state index in [1.165, 1.54) is 4.90 Å². The summed E-state index contributed by atoms with van der Waals surface area (Å²) in [7, 11) is 0. The van der Waals surface area contributed by atoms with E-state index in [-0.39, 0.29) is 11.8 Å². The lowest BCUT2D eigenvalue weighted by atomic mass is 10.1. The van der Waals surface area contributed by atoms with E-state index in [0.717, 1.165) is 29.0 Å². The molecule has 0 bridgehead atoms. The highest BCUT2D eigenvalue weighted by Gasteiger charge is 2.39. The zero-order chi connectivity index (χ0) is 12.6. The largest absolute Gasteiger partial charge is 0.274 e. The number of thiophene rings is 1. The molecule has 0 saturated heterocycles. The summed E-state index contributed by atoms with van der Waals surface area (Å²) in [6.07, 6.45) is 3.05. The smallest absolute Gasteiger partial charge is 0.262 e. The van der Waals surface area contributed by atoms with Crippen LogP contribution in [-0.2, 0) is 0 Å². The summed E-state index contributed by atoms with van der Waals surface area (Å²) in [6.45, 7) is 6.50. The first-order valence-corrected chi connectivity index (χ1v) is 6.85. The quantitative estimate of drug-likeness (QED) is 0.609. The van der Waals surface area contributed by atoms with Gasteiger partial charge >= 0.3 is 0 Å². The number of fused-ring (bicyclic) bond motifs is 1. The molecule has 2 heterocycles. The molecule has 0 aromatic carbocycles. The van der Waals surface area contributed by atoms with Gasteiger partial charge in [0, 0.05) is 16.3 Å². The third-order valence-electron chi connectivity index (χ3n) is 3.16. The lowest BCUT2D eigenvalue weighted by Crippen LogP contribution is -2.31. The molecule has 0 spiro atoms. The molecule has 0 saturated carbocycles. The summed E-state index contributed by atoms with van der Waals surface area (Å²) >= 11 is 1.54. The molecule has 1 aromatic rings. The first kappa shape index (κ1) is 12.3. The van der Waals surface area contributed by atoms with Crippen LogP contribution in [-0.4, -0.2) is 23.3 Å². The number of nitrogens with zero attached hydrogens (tertiary/aromatic N) is 1. The van der Waals surface area contributed by atoms with Gasteiger partial charge in [-0.2, -0.15) is 0 Å². The van der Waals surface area contributed by atoms with Crippen molar-refractivity contribution in [2.45, 2.75) is 40.0 Å². The molecule has 2 rings (SSSR count). The Morgan fingerprint density at radius 2 is 1.53 bits per heavy atom. The monoisotopic (exact) mass is 251 g/mol. The third-order valence-corrected chi connectivity index (χ3v) is 4.18. The van der Waals surface area contributed by atoms with Crippen LogP contribution in [0.4, 0.5) is 0 Å². The molecule has 0 unspecified atom stereocenters. The van der Waals surface area contributed by atoms with Crippen LogP contribution in [0.3, 0.4) is 0 Å². The summed E-state index contributed by atoms with van der Waals surface area (Å²) in [5.41, 5.74) is 1.29. The maximum absolute atomic E-state index is 12.1. The van der Waals surface area contributed by atoms with Crippen molar-refractivity contribution in [3.8, 4) is 0 Å². The molecule has 92 valence electrons. The molecule has 0 aliphatic carbocycles. The molecule has 1 aliphatic rings. The fraction of sp³-hybridized carbons (Fsp3) is 0.538. The number of unbranched alkanes of at least 4 members (excludes halogenated alkanes) is 2. The minimum atomic E-state index is -0.0945. The molecule has 1 aliphatic heterocycles. The van der Waals surface area contributed by atoms with Crippen molar-refractivity contribution in [3.05, 3.63) is 20.9 Å². The Morgan fingerprint density at radius 1 is 1.00 bits per heavy atom. The minimum absolute atomic E-state index is 0.0945. The maximum Gasteiger partial charge on any atom is 0.262 e. The number of imide groups is 1. The normalized spacial score (nSPS) is 14.6. The molecule has 2 amide bonds. The zero-order valence-corrected chi connectivity index (χ0v) is 11.3. The van der Waals surface area contributed by atoms with E-state index >= 15 is 0 Å². The van der Waals surface area contributed by atoms with Gasteiger partial charge in [0.25, 0.3) is 11.8 Å². The van der Waals surface area contributed by atoms with Crippen molar-refractivity contribution < 1.29 is 9.59 Å². The maximum atomic E-state index is 12.1. The number of amides is 2. The lowest BCUT2D eigenvalue weighted by Gasteiger charge is -2.13. The second-order valence-electron chi connectivity index (χ2n) is 4.43. The molecule has 0 N–H and O–H groups in total. The highest BCUT2D eigenvalue weighted by molar-refractivity contribution is 7.12. The van der Waals surface area contributed by atoms with Gasteiger partial charge in [-0.1, -0.05) is 19.8 Å². The standard InChI is InChI=1S/C13H17NO2S/c1-4-5-6-7-14-12(15)10-8(2)17-9(3)11(10)13(14)16/h4-7H2,1-3H3. The van der Waals surface area contributed by atoms with Gasteiger partial charge in [-0.15, -0.1) is 11.3 Å². The van der Waals surface area contributed by atoms with Crippen LogP contribution in [0.2, 0.25) is 0 Å². The van der Waals surface area contributed by atoms with Crippen LogP contribution in [0, 0.1) is 13.8 Å².